The third-order valence-corrected chi connectivity index (χ3v) is 6.30. The first-order valence-electron chi connectivity index (χ1n) is 7.85. The lowest BCUT2D eigenvalue weighted by atomic mass is 10.1. The average Bonchev–Trinajstić information content (AvgIpc) is 3.27. The summed E-state index contributed by atoms with van der Waals surface area (Å²) >= 11 is 0. The fourth-order valence-electron chi connectivity index (χ4n) is 2.89. The van der Waals surface area contributed by atoms with Crippen LogP contribution in [-0.4, -0.2) is 50.6 Å². The van der Waals surface area contributed by atoms with Crippen LogP contribution in [-0.2, 0) is 14.8 Å². The van der Waals surface area contributed by atoms with Crippen molar-refractivity contribution >= 4 is 15.7 Å². The molecular weight excluding hydrogens is 336 g/mol. The van der Waals surface area contributed by atoms with Gasteiger partial charge >= 0.3 is 0 Å². The van der Waals surface area contributed by atoms with E-state index in [1.165, 1.54) is 23.5 Å². The standard InChI is InChI=1S/C15H20N2O6S/c1-22-14-5-4-13(17(18)19)8-15(14)24(20,21)16(12-2-3-12)9-11-6-7-23-10-11/h4-5,8,11-12H,2-3,6-7,9-10H2,1H3/t11-/m1/s1. The zero-order valence-corrected chi connectivity index (χ0v) is 14.2. The highest BCUT2D eigenvalue weighted by molar-refractivity contribution is 7.89. The molecule has 3 rings (SSSR count). The minimum atomic E-state index is -3.88. The molecule has 9 heteroatoms. The number of nitrogens with zero attached hydrogens (tertiary/aromatic N) is 2. The molecule has 1 aliphatic heterocycles. The number of hydrogen-bond donors (Lipinski definition) is 0. The molecule has 24 heavy (non-hydrogen) atoms. The molecule has 1 aromatic rings. The number of rotatable bonds is 7. The summed E-state index contributed by atoms with van der Waals surface area (Å²) < 4.78 is 38.2. The molecule has 1 aromatic carbocycles. The summed E-state index contributed by atoms with van der Waals surface area (Å²) in [6.45, 7) is 1.56. The molecule has 1 saturated heterocycles. The van der Waals surface area contributed by atoms with E-state index in [9.17, 15) is 18.5 Å². The lowest BCUT2D eigenvalue weighted by molar-refractivity contribution is -0.385. The van der Waals surface area contributed by atoms with Crippen molar-refractivity contribution in [2.45, 2.75) is 30.2 Å². The van der Waals surface area contributed by atoms with E-state index in [0.29, 0.717) is 19.8 Å². The first kappa shape index (κ1) is 17.1. The number of nitro groups is 1. The van der Waals surface area contributed by atoms with Crippen LogP contribution in [0.15, 0.2) is 23.1 Å². The van der Waals surface area contributed by atoms with Crippen LogP contribution in [0.5, 0.6) is 5.75 Å². The molecule has 8 nitrogen and oxygen atoms in total. The minimum absolute atomic E-state index is 0.0421. The second-order valence-electron chi connectivity index (χ2n) is 6.13. The molecule has 2 aliphatic rings. The topological polar surface area (TPSA) is 99.0 Å². The quantitative estimate of drug-likeness (QED) is 0.545. The third-order valence-electron chi connectivity index (χ3n) is 4.36. The Morgan fingerprint density at radius 2 is 2.12 bits per heavy atom. The Morgan fingerprint density at radius 1 is 1.38 bits per heavy atom. The Hall–Kier alpha value is -1.71. The van der Waals surface area contributed by atoms with Crippen LogP contribution in [0.2, 0.25) is 0 Å². The van der Waals surface area contributed by atoms with Gasteiger partial charge in [-0.05, 0) is 31.2 Å². The molecule has 0 bridgehead atoms. The largest absolute Gasteiger partial charge is 0.495 e. The van der Waals surface area contributed by atoms with Crippen LogP contribution < -0.4 is 4.74 Å². The zero-order chi connectivity index (χ0) is 17.3. The molecule has 0 amide bonds. The van der Waals surface area contributed by atoms with Crippen LogP contribution in [0.1, 0.15) is 19.3 Å². The highest BCUT2D eigenvalue weighted by atomic mass is 32.2. The Labute approximate surface area is 140 Å². The lowest BCUT2D eigenvalue weighted by Gasteiger charge is -2.25. The summed E-state index contributed by atoms with van der Waals surface area (Å²) in [6.07, 6.45) is 2.44. The van der Waals surface area contributed by atoms with Gasteiger partial charge in [-0.25, -0.2) is 8.42 Å². The van der Waals surface area contributed by atoms with Gasteiger partial charge in [-0.2, -0.15) is 4.31 Å². The van der Waals surface area contributed by atoms with Crippen LogP contribution in [0.25, 0.3) is 0 Å². The normalized spacial score (nSPS) is 21.2. The maximum absolute atomic E-state index is 13.1. The molecular formula is C15H20N2O6S. The van der Waals surface area contributed by atoms with E-state index < -0.39 is 14.9 Å². The van der Waals surface area contributed by atoms with Crippen LogP contribution in [0, 0.1) is 16.0 Å². The van der Waals surface area contributed by atoms with Gasteiger partial charge in [-0.15, -0.1) is 0 Å². The van der Waals surface area contributed by atoms with Gasteiger partial charge in [-0.1, -0.05) is 0 Å². The predicted molar refractivity (Wildman–Crippen MR) is 85.5 cm³/mol. The minimum Gasteiger partial charge on any atom is -0.495 e. The summed E-state index contributed by atoms with van der Waals surface area (Å²) in [5.41, 5.74) is -0.269. The highest BCUT2D eigenvalue weighted by Crippen LogP contribution is 2.37. The monoisotopic (exact) mass is 356 g/mol. The smallest absolute Gasteiger partial charge is 0.271 e. The van der Waals surface area contributed by atoms with Crippen molar-refractivity contribution in [1.29, 1.82) is 0 Å². The molecule has 0 spiro atoms. The first-order chi connectivity index (χ1) is 11.4. The molecule has 0 unspecified atom stereocenters. The van der Waals surface area contributed by atoms with Gasteiger partial charge in [0.25, 0.3) is 5.69 Å². The maximum atomic E-state index is 13.1. The van der Waals surface area contributed by atoms with Gasteiger partial charge in [0.05, 0.1) is 18.6 Å². The second kappa shape index (κ2) is 6.66. The average molecular weight is 356 g/mol. The lowest BCUT2D eigenvalue weighted by Crippen LogP contribution is -2.37. The molecule has 1 atom stereocenters. The predicted octanol–water partition coefficient (Wildman–Crippen LogP) is 1.79. The van der Waals surface area contributed by atoms with Gasteiger partial charge in [0.2, 0.25) is 10.0 Å². The van der Waals surface area contributed by atoms with Crippen molar-refractivity contribution in [3.05, 3.63) is 28.3 Å². The van der Waals surface area contributed by atoms with Crippen LogP contribution >= 0.6 is 0 Å². The molecule has 1 heterocycles. The third kappa shape index (κ3) is 3.38. The number of ether oxygens (including phenoxy) is 2. The Bertz CT molecular complexity index is 725. The van der Waals surface area contributed by atoms with Crippen molar-refractivity contribution in [3.63, 3.8) is 0 Å². The van der Waals surface area contributed by atoms with Gasteiger partial charge in [0.15, 0.2) is 0 Å². The summed E-state index contributed by atoms with van der Waals surface area (Å²) in [5.74, 6) is 0.277. The van der Waals surface area contributed by atoms with Crippen molar-refractivity contribution in [3.8, 4) is 5.75 Å². The number of hydrogen-bond acceptors (Lipinski definition) is 6. The summed E-state index contributed by atoms with van der Waals surface area (Å²) in [7, 11) is -2.52. The van der Waals surface area contributed by atoms with E-state index in [-0.39, 0.29) is 28.3 Å². The molecule has 0 radical (unpaired) electrons. The molecule has 132 valence electrons. The molecule has 1 saturated carbocycles. The van der Waals surface area contributed by atoms with Gasteiger partial charge in [-0.3, -0.25) is 10.1 Å². The number of non-ortho nitro benzene ring substituents is 1. The fourth-order valence-corrected chi connectivity index (χ4v) is 4.83. The van der Waals surface area contributed by atoms with E-state index >= 15 is 0 Å². The maximum Gasteiger partial charge on any atom is 0.271 e. The van der Waals surface area contributed by atoms with Gasteiger partial charge in [0.1, 0.15) is 10.6 Å². The number of benzene rings is 1. The number of sulfonamides is 1. The summed E-state index contributed by atoms with van der Waals surface area (Å²) in [5, 5.41) is 11.0. The molecule has 0 aromatic heterocycles. The zero-order valence-electron chi connectivity index (χ0n) is 13.4. The Morgan fingerprint density at radius 3 is 2.67 bits per heavy atom. The van der Waals surface area contributed by atoms with E-state index in [1.54, 1.807) is 0 Å². The molecule has 0 N–H and O–H groups in total. The van der Waals surface area contributed by atoms with Crippen molar-refractivity contribution in [2.75, 3.05) is 26.9 Å². The Kier molecular flexibility index (Phi) is 4.75. The summed E-state index contributed by atoms with van der Waals surface area (Å²) in [6, 6.07) is 3.60. The molecule has 1 aliphatic carbocycles. The van der Waals surface area contributed by atoms with Crippen molar-refractivity contribution in [2.24, 2.45) is 5.92 Å². The van der Waals surface area contributed by atoms with Crippen LogP contribution in [0.3, 0.4) is 0 Å². The van der Waals surface area contributed by atoms with E-state index in [1.807, 2.05) is 0 Å². The van der Waals surface area contributed by atoms with Gasteiger partial charge in [0, 0.05) is 31.3 Å². The number of nitro benzene ring substituents is 1. The van der Waals surface area contributed by atoms with E-state index in [2.05, 4.69) is 0 Å². The van der Waals surface area contributed by atoms with Crippen molar-refractivity contribution in [1.82, 2.24) is 4.31 Å². The molecule has 2 fully saturated rings. The second-order valence-corrected chi connectivity index (χ2v) is 7.99. The van der Waals surface area contributed by atoms with Crippen molar-refractivity contribution < 1.29 is 22.8 Å². The van der Waals surface area contributed by atoms with Crippen LogP contribution in [0.4, 0.5) is 5.69 Å². The van der Waals surface area contributed by atoms with Gasteiger partial charge < -0.3 is 9.47 Å². The first-order valence-corrected chi connectivity index (χ1v) is 9.29. The fraction of sp³-hybridized carbons (Fsp3) is 0.600. The highest BCUT2D eigenvalue weighted by Gasteiger charge is 2.41. The Balaban J connectivity index is 1.97. The van der Waals surface area contributed by atoms with E-state index in [0.717, 1.165) is 25.3 Å². The number of methoxy groups -OCH3 is 1. The summed E-state index contributed by atoms with van der Waals surface area (Å²) in [4.78, 5) is 10.3. The van der Waals surface area contributed by atoms with E-state index in [4.69, 9.17) is 9.47 Å². The SMILES string of the molecule is COc1ccc([N+](=O)[O-])cc1S(=O)(=O)N(C[C@H]1CCOC1)C1CC1.